The summed E-state index contributed by atoms with van der Waals surface area (Å²) in [7, 11) is 0. The van der Waals surface area contributed by atoms with Gasteiger partial charge in [-0.2, -0.15) is 0 Å². The molecular weight excluding hydrogens is 1700 g/mol. The molecule has 138 heavy (non-hydrogen) atoms. The Morgan fingerprint density at radius 3 is 0.572 bits per heavy atom. The number of thiophene rings is 2. The number of benzene rings is 26. The molecule has 2 heteroatoms. The van der Waals surface area contributed by atoms with Crippen LogP contribution in [0.5, 0.6) is 0 Å². The van der Waals surface area contributed by atoms with Crippen LogP contribution in [-0.2, 0) is 0 Å². The maximum absolute atomic E-state index is 2.40. The second kappa shape index (κ2) is 35.9. The van der Waals surface area contributed by atoms with Gasteiger partial charge in [0.15, 0.2) is 0 Å². The Hall–Kier alpha value is -17.2. The minimum absolute atomic E-state index is 1.24. The van der Waals surface area contributed by atoms with E-state index in [-0.39, 0.29) is 0 Å². The van der Waals surface area contributed by atoms with Gasteiger partial charge >= 0.3 is 0 Å². The second-order valence-electron chi connectivity index (χ2n) is 35.6. The predicted octanol–water partition coefficient (Wildman–Crippen LogP) is 39.7. The first-order valence-corrected chi connectivity index (χ1v) is 49.1. The Balaban J connectivity index is 0.0000000979. The molecule has 26 aromatic carbocycles. The molecular formula is C136H88S2. The Bertz CT molecular complexity index is 9340. The van der Waals surface area contributed by atoms with Gasteiger partial charge in [0, 0.05) is 40.3 Å². The van der Waals surface area contributed by atoms with Gasteiger partial charge in [0.1, 0.15) is 0 Å². The van der Waals surface area contributed by atoms with E-state index in [1.165, 1.54) is 259 Å². The van der Waals surface area contributed by atoms with E-state index in [4.69, 9.17) is 0 Å². The summed E-state index contributed by atoms with van der Waals surface area (Å²) in [6, 6.07) is 194. The Kier molecular flexibility index (Phi) is 21.5. The first-order chi connectivity index (χ1) is 68.6. The van der Waals surface area contributed by atoms with E-state index in [0.717, 1.165) is 0 Å². The summed E-state index contributed by atoms with van der Waals surface area (Å²) in [5, 5.41) is 31.1. The van der Waals surface area contributed by atoms with Crippen molar-refractivity contribution >= 4 is 171 Å². The first-order valence-electron chi connectivity index (χ1n) is 47.5. The van der Waals surface area contributed by atoms with Crippen LogP contribution < -0.4 is 0 Å². The van der Waals surface area contributed by atoms with Crippen molar-refractivity contribution in [2.75, 3.05) is 0 Å². The van der Waals surface area contributed by atoms with Gasteiger partial charge in [-0.05, 0) is 255 Å². The maximum Gasteiger partial charge on any atom is 0.0355 e. The fourth-order valence-electron chi connectivity index (χ4n) is 21.9. The topological polar surface area (TPSA) is 0 Å². The highest BCUT2D eigenvalue weighted by Crippen LogP contribution is 2.53. The molecule has 0 N–H and O–H groups in total. The molecule has 0 atom stereocenters. The molecule has 0 aliphatic carbocycles. The van der Waals surface area contributed by atoms with Crippen molar-refractivity contribution in [3.05, 3.63) is 534 Å². The van der Waals surface area contributed by atoms with E-state index in [2.05, 4.69) is 534 Å². The summed E-state index contributed by atoms with van der Waals surface area (Å²) in [5.41, 5.74) is 25.6. The van der Waals surface area contributed by atoms with Gasteiger partial charge in [-0.15, -0.1) is 22.7 Å². The summed E-state index contributed by atoms with van der Waals surface area (Å²) < 4.78 is 5.36. The highest BCUT2D eigenvalue weighted by atomic mass is 32.1. The lowest BCUT2D eigenvalue weighted by molar-refractivity contribution is 1.61. The van der Waals surface area contributed by atoms with Crippen LogP contribution in [0.15, 0.2) is 534 Å². The quantitative estimate of drug-likeness (QED) is 0.120. The van der Waals surface area contributed by atoms with Gasteiger partial charge in [0.25, 0.3) is 0 Å². The molecule has 28 rings (SSSR count). The predicted molar refractivity (Wildman–Crippen MR) is 601 cm³/mol. The van der Waals surface area contributed by atoms with E-state index >= 15 is 0 Å². The van der Waals surface area contributed by atoms with Crippen molar-refractivity contribution in [1.29, 1.82) is 0 Å². The monoisotopic (exact) mass is 1780 g/mol. The highest BCUT2D eigenvalue weighted by molar-refractivity contribution is 7.26. The van der Waals surface area contributed by atoms with Crippen molar-refractivity contribution in [2.24, 2.45) is 0 Å². The van der Waals surface area contributed by atoms with Gasteiger partial charge in [0.2, 0.25) is 0 Å². The Morgan fingerprint density at radius 1 is 0.0942 bits per heavy atom. The standard InChI is InChI=1S/C38H24S.C36H24.C32H20S.C30H20/c1-2-12-25(13-3-1)27-14-4-5-16-29(27)38-32-19-8-6-17-30(32)37(31-18-7-9-20-33(31)38)26-22-23-36-34(24-26)28-15-10-11-21-35(28)39-36;1-2-13-25(14-3-1)27-18-6-7-19-29(27)35-31-20-8-10-22-33(31)36(34-23-11-9-21-32(34)35)30-24-12-16-26-15-4-5-17-28(26)30;1-2-10-21(11-3-1)31-24-13-4-6-15-26(24)32(27-16-7-5-14-25(27)31)22-18-19-30-28(20-22)23-12-8-9-17-29(23)33-30;1-2-12-22(13-3-1)29-25-16-6-8-18-27(25)30(28-19-9-7-17-26(28)29)24-20-10-14-21-11-4-5-15-23(21)24/h1-24H;1-24H;1-20H;1-20H. The summed E-state index contributed by atoms with van der Waals surface area (Å²) in [6.45, 7) is 0. The number of rotatable bonds is 10. The highest BCUT2D eigenvalue weighted by Gasteiger charge is 2.26. The lowest BCUT2D eigenvalue weighted by Gasteiger charge is -2.20. The average molecular weight is 1790 g/mol. The van der Waals surface area contributed by atoms with E-state index in [9.17, 15) is 0 Å². The maximum atomic E-state index is 2.40. The van der Waals surface area contributed by atoms with Crippen LogP contribution in [0.4, 0.5) is 0 Å². The molecule has 0 bridgehead atoms. The Morgan fingerprint density at radius 2 is 0.283 bits per heavy atom. The Labute approximate surface area is 809 Å². The van der Waals surface area contributed by atoms with Crippen LogP contribution in [0.1, 0.15) is 0 Å². The lowest BCUT2D eigenvalue weighted by atomic mass is 9.83. The largest absolute Gasteiger partial charge is 0.135 e. The minimum atomic E-state index is 1.24. The van der Waals surface area contributed by atoms with Gasteiger partial charge in [0.05, 0.1) is 0 Å². The van der Waals surface area contributed by atoms with Gasteiger partial charge in [-0.1, -0.05) is 497 Å². The van der Waals surface area contributed by atoms with Crippen molar-refractivity contribution < 1.29 is 0 Å². The van der Waals surface area contributed by atoms with Crippen molar-refractivity contribution in [3.63, 3.8) is 0 Å². The molecule has 644 valence electrons. The number of fused-ring (bicyclic) bond motifs is 16. The van der Waals surface area contributed by atoms with E-state index in [1.54, 1.807) is 0 Å². The molecule has 0 amide bonds. The van der Waals surface area contributed by atoms with Gasteiger partial charge < -0.3 is 0 Å². The molecule has 0 spiro atoms. The van der Waals surface area contributed by atoms with Crippen LogP contribution in [0.2, 0.25) is 0 Å². The molecule has 0 radical (unpaired) electrons. The molecule has 2 aromatic heterocycles. The summed E-state index contributed by atoms with van der Waals surface area (Å²) in [5.74, 6) is 0. The number of hydrogen-bond acceptors (Lipinski definition) is 2. The van der Waals surface area contributed by atoms with Crippen LogP contribution >= 0.6 is 22.7 Å². The molecule has 28 aromatic rings. The molecule has 0 aliphatic heterocycles. The molecule has 0 saturated heterocycles. The number of hydrogen-bond donors (Lipinski definition) is 0. The van der Waals surface area contributed by atoms with Crippen LogP contribution in [-0.4, -0.2) is 0 Å². The zero-order chi connectivity index (χ0) is 91.4. The average Bonchev–Trinajstić information content (AvgIpc) is 0.844. The third kappa shape index (κ3) is 14.7. The first kappa shape index (κ1) is 82.7. The third-order valence-electron chi connectivity index (χ3n) is 27.9. The fourth-order valence-corrected chi connectivity index (χ4v) is 24.1. The smallest absolute Gasteiger partial charge is 0.0355 e. The summed E-state index contributed by atoms with van der Waals surface area (Å²) >= 11 is 3.74. The lowest BCUT2D eigenvalue weighted by Crippen LogP contribution is -1.93. The van der Waals surface area contributed by atoms with E-state index in [1.807, 2.05) is 22.7 Å². The molecule has 0 aliphatic rings. The minimum Gasteiger partial charge on any atom is -0.135 e. The second-order valence-corrected chi connectivity index (χ2v) is 37.8. The third-order valence-corrected chi connectivity index (χ3v) is 30.2. The molecule has 2 heterocycles. The van der Waals surface area contributed by atoms with E-state index in [0.29, 0.717) is 0 Å². The van der Waals surface area contributed by atoms with Crippen LogP contribution in [0, 0.1) is 0 Å². The van der Waals surface area contributed by atoms with Crippen molar-refractivity contribution in [1.82, 2.24) is 0 Å². The van der Waals surface area contributed by atoms with Crippen LogP contribution in [0.3, 0.4) is 0 Å². The summed E-state index contributed by atoms with van der Waals surface area (Å²) in [6.07, 6.45) is 0. The zero-order valence-electron chi connectivity index (χ0n) is 75.6. The fraction of sp³-hybridized carbons (Fsp3) is 0. The van der Waals surface area contributed by atoms with Crippen molar-refractivity contribution in [3.8, 4) is 111 Å². The molecule has 0 unspecified atom stereocenters. The SMILES string of the molecule is c1ccc(-c2c3ccccc3c(-c3ccc4sc5ccccc5c4c3)c3ccccc23)cc1.c1ccc(-c2c3ccccc3c(-c3cccc4ccccc34)c3ccccc23)cc1.c1ccc(-c2ccccc2-c2c3ccccc3c(-c3ccc4sc5ccccc5c4c3)c3ccccc23)cc1.c1ccc(-c2ccccc2-c2c3ccccc3c(-c3cccc4ccccc34)c3ccccc23)cc1. The molecule has 0 saturated carbocycles. The van der Waals surface area contributed by atoms with Crippen LogP contribution in [0.25, 0.3) is 259 Å². The molecule has 0 fully saturated rings. The zero-order valence-corrected chi connectivity index (χ0v) is 77.3. The molecule has 0 nitrogen and oxygen atoms in total. The van der Waals surface area contributed by atoms with Gasteiger partial charge in [-0.25, -0.2) is 0 Å². The summed E-state index contributed by atoms with van der Waals surface area (Å²) in [4.78, 5) is 0. The van der Waals surface area contributed by atoms with Crippen molar-refractivity contribution in [2.45, 2.75) is 0 Å². The van der Waals surface area contributed by atoms with E-state index < -0.39 is 0 Å². The normalized spacial score (nSPS) is 11.5. The van der Waals surface area contributed by atoms with Gasteiger partial charge in [-0.3, -0.25) is 0 Å².